The van der Waals surface area contributed by atoms with Gasteiger partial charge in [-0.25, -0.2) is 4.99 Å². The number of aromatic nitrogens is 2. The average molecular weight is 524 g/mol. The van der Waals surface area contributed by atoms with Crippen LogP contribution in [0.2, 0.25) is 0 Å². The number of hydrogen-bond acceptors (Lipinski definition) is 3. The molecule has 30 heavy (non-hydrogen) atoms. The lowest BCUT2D eigenvalue weighted by atomic mass is 10.1. The second kappa shape index (κ2) is 12.9. The van der Waals surface area contributed by atoms with E-state index in [1.807, 2.05) is 17.9 Å². The highest BCUT2D eigenvalue weighted by molar-refractivity contribution is 14.0. The molecule has 1 N–H and O–H groups in total. The summed E-state index contributed by atoms with van der Waals surface area (Å²) in [5.41, 5.74) is 3.91. The van der Waals surface area contributed by atoms with Crippen molar-refractivity contribution in [3.63, 3.8) is 0 Å². The molecule has 3 rings (SSSR count). The van der Waals surface area contributed by atoms with Crippen molar-refractivity contribution in [2.45, 2.75) is 52.2 Å². The van der Waals surface area contributed by atoms with E-state index in [9.17, 15) is 0 Å². The molecule has 1 aliphatic rings. The van der Waals surface area contributed by atoms with Crippen LogP contribution in [-0.2, 0) is 26.7 Å². The van der Waals surface area contributed by atoms with Crippen molar-refractivity contribution in [3.8, 4) is 0 Å². The number of guanidine groups is 1. The van der Waals surface area contributed by atoms with Crippen molar-refractivity contribution < 1.29 is 0 Å². The maximum atomic E-state index is 4.94. The number of benzene rings is 1. The average Bonchev–Trinajstić information content (AvgIpc) is 2.96. The number of halogens is 1. The second-order valence-electron chi connectivity index (χ2n) is 8.01. The van der Waals surface area contributed by atoms with Crippen molar-refractivity contribution in [2.75, 3.05) is 26.7 Å². The minimum absolute atomic E-state index is 0. The summed E-state index contributed by atoms with van der Waals surface area (Å²) in [6.07, 6.45) is 9.36. The van der Waals surface area contributed by atoms with Crippen molar-refractivity contribution >= 4 is 29.9 Å². The molecule has 0 saturated carbocycles. The lowest BCUT2D eigenvalue weighted by Gasteiger charge is -2.23. The molecule has 166 valence electrons. The first kappa shape index (κ1) is 24.7. The van der Waals surface area contributed by atoms with Crippen LogP contribution in [0.15, 0.2) is 41.7 Å². The van der Waals surface area contributed by atoms with Gasteiger partial charge in [0, 0.05) is 45.5 Å². The minimum Gasteiger partial charge on any atom is -0.357 e. The predicted octanol–water partition coefficient (Wildman–Crippen LogP) is 4.01. The first-order valence-electron chi connectivity index (χ1n) is 10.9. The third-order valence-corrected chi connectivity index (χ3v) is 5.48. The highest BCUT2D eigenvalue weighted by Crippen LogP contribution is 2.17. The zero-order chi connectivity index (χ0) is 20.5. The van der Waals surface area contributed by atoms with E-state index in [0.29, 0.717) is 6.54 Å². The largest absolute Gasteiger partial charge is 0.357 e. The number of aliphatic imine (C=N–C) groups is 1. The summed E-state index contributed by atoms with van der Waals surface area (Å²) in [4.78, 5) is 9.72. The molecule has 0 atom stereocenters. The van der Waals surface area contributed by atoms with Gasteiger partial charge in [-0.05, 0) is 44.0 Å². The fraction of sp³-hybridized carbons (Fsp3) is 0.565. The van der Waals surface area contributed by atoms with Gasteiger partial charge in [-0.15, -0.1) is 24.0 Å². The lowest BCUT2D eigenvalue weighted by Crippen LogP contribution is -2.38. The molecule has 1 aromatic heterocycles. The van der Waals surface area contributed by atoms with Gasteiger partial charge >= 0.3 is 0 Å². The van der Waals surface area contributed by atoms with Gasteiger partial charge in [0.05, 0.1) is 12.7 Å². The van der Waals surface area contributed by atoms with Crippen molar-refractivity contribution in [1.29, 1.82) is 0 Å². The van der Waals surface area contributed by atoms with E-state index in [4.69, 9.17) is 4.99 Å². The number of aryl methyl sites for hydroxylation is 1. The Morgan fingerprint density at radius 2 is 1.83 bits per heavy atom. The molecule has 1 fully saturated rings. The van der Waals surface area contributed by atoms with Crippen LogP contribution in [0.25, 0.3) is 0 Å². The first-order valence-corrected chi connectivity index (χ1v) is 10.9. The van der Waals surface area contributed by atoms with E-state index < -0.39 is 0 Å². The highest BCUT2D eigenvalue weighted by atomic mass is 127. The number of nitrogens with zero attached hydrogens (tertiary/aromatic N) is 5. The van der Waals surface area contributed by atoms with E-state index in [0.717, 1.165) is 25.6 Å². The molecule has 0 aliphatic carbocycles. The topological polar surface area (TPSA) is 48.7 Å². The van der Waals surface area contributed by atoms with Crippen LogP contribution >= 0.6 is 24.0 Å². The number of nitrogens with one attached hydrogen (secondary N) is 1. The molecule has 2 heterocycles. The van der Waals surface area contributed by atoms with Crippen LogP contribution < -0.4 is 5.32 Å². The molecule has 6 nitrogen and oxygen atoms in total. The van der Waals surface area contributed by atoms with Gasteiger partial charge in [0.25, 0.3) is 0 Å². The monoisotopic (exact) mass is 524 g/mol. The van der Waals surface area contributed by atoms with E-state index in [-0.39, 0.29) is 24.0 Å². The molecule has 0 unspecified atom stereocenters. The Morgan fingerprint density at radius 3 is 2.47 bits per heavy atom. The lowest BCUT2D eigenvalue weighted by molar-refractivity contribution is 0.276. The van der Waals surface area contributed by atoms with Crippen LogP contribution in [0.3, 0.4) is 0 Å². The summed E-state index contributed by atoms with van der Waals surface area (Å²) in [6, 6.07) is 8.77. The van der Waals surface area contributed by atoms with Crippen LogP contribution in [0.4, 0.5) is 0 Å². The minimum atomic E-state index is 0. The Labute approximate surface area is 198 Å². The number of hydrogen-bond donors (Lipinski definition) is 1. The summed E-state index contributed by atoms with van der Waals surface area (Å²) >= 11 is 0. The predicted molar refractivity (Wildman–Crippen MR) is 135 cm³/mol. The summed E-state index contributed by atoms with van der Waals surface area (Å²) in [6.45, 7) is 7.92. The molecular weight excluding hydrogens is 487 g/mol. The normalized spacial score (nSPS) is 15.4. The Bertz CT molecular complexity index is 780. The Hall–Kier alpha value is -1.61. The van der Waals surface area contributed by atoms with Gasteiger partial charge in [0.15, 0.2) is 5.96 Å². The standard InChI is InChI=1S/C23H36N6.HI/c1-4-24-23(27(2)17-20-15-26-28(3)18-20)25-16-21-11-7-8-12-22(21)19-29-13-9-5-6-10-14-29;/h7-8,11-12,15,18H,4-6,9-10,13-14,16-17,19H2,1-3H3,(H,24,25);1H. The third kappa shape index (κ3) is 7.58. The molecule has 2 aromatic rings. The quantitative estimate of drug-likeness (QED) is 0.338. The summed E-state index contributed by atoms with van der Waals surface area (Å²) in [5, 5.41) is 7.69. The van der Waals surface area contributed by atoms with Crippen molar-refractivity contribution in [1.82, 2.24) is 24.9 Å². The Balaban J connectivity index is 0.00000320. The molecule has 1 saturated heterocycles. The molecule has 0 radical (unpaired) electrons. The third-order valence-electron chi connectivity index (χ3n) is 5.48. The molecule has 0 spiro atoms. The van der Waals surface area contributed by atoms with E-state index in [2.05, 4.69) is 64.6 Å². The molecule has 1 aliphatic heterocycles. The van der Waals surface area contributed by atoms with Crippen LogP contribution in [0.1, 0.15) is 49.3 Å². The zero-order valence-corrected chi connectivity index (χ0v) is 21.0. The summed E-state index contributed by atoms with van der Waals surface area (Å²) < 4.78 is 1.84. The molecule has 1 aromatic carbocycles. The van der Waals surface area contributed by atoms with Gasteiger partial charge in [0.2, 0.25) is 0 Å². The smallest absolute Gasteiger partial charge is 0.194 e. The van der Waals surface area contributed by atoms with E-state index >= 15 is 0 Å². The van der Waals surface area contributed by atoms with Crippen LogP contribution in [0, 0.1) is 0 Å². The Morgan fingerprint density at radius 1 is 1.13 bits per heavy atom. The summed E-state index contributed by atoms with van der Waals surface area (Å²) in [7, 11) is 4.03. The maximum absolute atomic E-state index is 4.94. The van der Waals surface area contributed by atoms with Crippen LogP contribution in [-0.4, -0.2) is 52.2 Å². The molecule has 7 heteroatoms. The SMILES string of the molecule is CCNC(=NCc1ccccc1CN1CCCCCC1)N(C)Cc1cnn(C)c1.I. The Kier molecular flexibility index (Phi) is 10.6. The maximum Gasteiger partial charge on any atom is 0.194 e. The highest BCUT2D eigenvalue weighted by Gasteiger charge is 2.12. The fourth-order valence-electron chi connectivity index (χ4n) is 3.93. The van der Waals surface area contributed by atoms with Gasteiger partial charge in [-0.3, -0.25) is 9.58 Å². The molecule has 0 amide bonds. The first-order chi connectivity index (χ1) is 14.2. The van der Waals surface area contributed by atoms with Crippen molar-refractivity contribution in [2.24, 2.45) is 12.0 Å². The second-order valence-corrected chi connectivity index (χ2v) is 8.01. The van der Waals surface area contributed by atoms with Gasteiger partial charge < -0.3 is 10.2 Å². The van der Waals surface area contributed by atoms with E-state index in [1.165, 1.54) is 55.5 Å². The molecule has 0 bridgehead atoms. The number of rotatable bonds is 7. The van der Waals surface area contributed by atoms with E-state index in [1.54, 1.807) is 0 Å². The zero-order valence-electron chi connectivity index (χ0n) is 18.7. The summed E-state index contributed by atoms with van der Waals surface area (Å²) in [5.74, 6) is 0.931. The van der Waals surface area contributed by atoms with Gasteiger partial charge in [-0.1, -0.05) is 37.1 Å². The van der Waals surface area contributed by atoms with Crippen molar-refractivity contribution in [3.05, 3.63) is 53.3 Å². The van der Waals surface area contributed by atoms with Gasteiger partial charge in [-0.2, -0.15) is 5.10 Å². The molecular formula is C23H37IN6. The number of likely N-dealkylation sites (tertiary alicyclic amines) is 1. The van der Waals surface area contributed by atoms with Gasteiger partial charge in [0.1, 0.15) is 0 Å². The fourth-order valence-corrected chi connectivity index (χ4v) is 3.93. The van der Waals surface area contributed by atoms with Crippen LogP contribution in [0.5, 0.6) is 0 Å².